The summed E-state index contributed by atoms with van der Waals surface area (Å²) in [5.74, 6) is 1.66. The highest BCUT2D eigenvalue weighted by Crippen LogP contribution is 2.31. The fraction of sp³-hybridized carbons (Fsp3) is 0.625. The van der Waals surface area contributed by atoms with Gasteiger partial charge in [-0.3, -0.25) is 4.90 Å². The molecule has 1 saturated heterocycles. The molecule has 0 bridgehead atoms. The minimum absolute atomic E-state index is 0.192. The van der Waals surface area contributed by atoms with E-state index in [1.807, 2.05) is 6.07 Å². The molecule has 1 unspecified atom stereocenters. The molecule has 116 valence electrons. The van der Waals surface area contributed by atoms with Crippen LogP contribution < -0.4 is 14.8 Å². The number of benzene rings is 1. The van der Waals surface area contributed by atoms with Crippen LogP contribution in [-0.2, 0) is 6.54 Å². The molecule has 0 aliphatic carbocycles. The Bertz CT molecular complexity index is 461. The monoisotopic (exact) mass is 292 g/mol. The van der Waals surface area contributed by atoms with E-state index in [0.717, 1.165) is 31.1 Å². The number of fused-ring (bicyclic) bond motifs is 1. The molecule has 0 saturated carbocycles. The third-order valence-electron chi connectivity index (χ3n) is 4.07. The average molecular weight is 292 g/mol. The maximum atomic E-state index is 9.27. The van der Waals surface area contributed by atoms with Gasteiger partial charge in [-0.2, -0.15) is 0 Å². The number of nitrogens with zero attached hydrogens (tertiary/aromatic N) is 1. The van der Waals surface area contributed by atoms with Gasteiger partial charge in [-0.05, 0) is 37.1 Å². The summed E-state index contributed by atoms with van der Waals surface area (Å²) in [4.78, 5) is 2.30. The molecule has 3 rings (SSSR count). The van der Waals surface area contributed by atoms with Crippen molar-refractivity contribution < 1.29 is 14.6 Å². The van der Waals surface area contributed by atoms with Crippen molar-refractivity contribution in [1.82, 2.24) is 10.2 Å². The molecule has 1 atom stereocenters. The molecule has 0 radical (unpaired) electrons. The summed E-state index contributed by atoms with van der Waals surface area (Å²) in [6.07, 6.45) is 2.48. The van der Waals surface area contributed by atoms with E-state index in [-0.39, 0.29) is 6.61 Å². The first-order chi connectivity index (χ1) is 10.3. The van der Waals surface area contributed by atoms with Crippen LogP contribution in [0.25, 0.3) is 0 Å². The Hall–Kier alpha value is -1.30. The molecule has 0 amide bonds. The number of hydrogen-bond acceptors (Lipinski definition) is 5. The first kappa shape index (κ1) is 14.6. The molecular formula is C16H24N2O3. The Morgan fingerprint density at radius 3 is 2.86 bits per heavy atom. The van der Waals surface area contributed by atoms with E-state index in [2.05, 4.69) is 22.3 Å². The average Bonchev–Trinajstić information content (AvgIpc) is 3.00. The van der Waals surface area contributed by atoms with Gasteiger partial charge in [-0.15, -0.1) is 0 Å². The molecule has 2 aliphatic rings. The number of aliphatic hydroxyl groups excluding tert-OH is 1. The molecule has 1 aromatic carbocycles. The third kappa shape index (κ3) is 3.87. The highest BCUT2D eigenvalue weighted by Gasteiger charge is 2.19. The fourth-order valence-corrected chi connectivity index (χ4v) is 3.04. The van der Waals surface area contributed by atoms with Crippen molar-refractivity contribution in [2.45, 2.75) is 25.4 Å². The molecule has 2 heterocycles. The first-order valence-corrected chi connectivity index (χ1v) is 7.80. The predicted octanol–water partition coefficient (Wildman–Crippen LogP) is 1.00. The van der Waals surface area contributed by atoms with Crippen molar-refractivity contribution in [2.24, 2.45) is 0 Å². The number of ether oxygens (including phenoxy) is 2. The number of nitrogens with one attached hydrogen (secondary N) is 1. The summed E-state index contributed by atoms with van der Waals surface area (Å²) in [6, 6.07) is 6.67. The summed E-state index contributed by atoms with van der Waals surface area (Å²) in [7, 11) is 0. The summed E-state index contributed by atoms with van der Waals surface area (Å²) in [5.41, 5.74) is 1.20. The maximum absolute atomic E-state index is 9.27. The van der Waals surface area contributed by atoms with Crippen LogP contribution in [0.5, 0.6) is 11.5 Å². The SMILES string of the molecule is OCCN(Cc1ccc2c(c1)OCCO2)CC1CCCN1. The van der Waals surface area contributed by atoms with Crippen LogP contribution in [0.3, 0.4) is 0 Å². The van der Waals surface area contributed by atoms with Gasteiger partial charge in [0, 0.05) is 25.7 Å². The summed E-state index contributed by atoms with van der Waals surface area (Å²) in [6.45, 7) is 5.05. The molecule has 21 heavy (non-hydrogen) atoms. The maximum Gasteiger partial charge on any atom is 0.161 e. The van der Waals surface area contributed by atoms with Crippen molar-refractivity contribution in [1.29, 1.82) is 0 Å². The molecule has 0 spiro atoms. The minimum Gasteiger partial charge on any atom is -0.486 e. The number of hydrogen-bond donors (Lipinski definition) is 2. The molecule has 5 nitrogen and oxygen atoms in total. The quantitative estimate of drug-likeness (QED) is 0.819. The standard InChI is InChI=1S/C16H24N2O3/c19-7-6-18(12-14-2-1-5-17-14)11-13-3-4-15-16(10-13)21-9-8-20-15/h3-4,10,14,17,19H,1-2,5-9,11-12H2. The lowest BCUT2D eigenvalue weighted by Gasteiger charge is -2.26. The molecule has 2 aliphatic heterocycles. The Morgan fingerprint density at radius 2 is 2.10 bits per heavy atom. The van der Waals surface area contributed by atoms with Crippen LogP contribution in [-0.4, -0.2) is 55.5 Å². The Kier molecular flexibility index (Phi) is 4.95. The van der Waals surface area contributed by atoms with Gasteiger partial charge in [-0.1, -0.05) is 6.07 Å². The minimum atomic E-state index is 0.192. The van der Waals surface area contributed by atoms with E-state index in [4.69, 9.17) is 9.47 Å². The van der Waals surface area contributed by atoms with Gasteiger partial charge >= 0.3 is 0 Å². The zero-order valence-electron chi connectivity index (χ0n) is 12.4. The normalized spacial score (nSPS) is 21.0. The van der Waals surface area contributed by atoms with Crippen LogP contribution in [0.2, 0.25) is 0 Å². The topological polar surface area (TPSA) is 54.0 Å². The van der Waals surface area contributed by atoms with Gasteiger partial charge in [-0.25, -0.2) is 0 Å². The van der Waals surface area contributed by atoms with Crippen molar-refractivity contribution >= 4 is 0 Å². The second-order valence-electron chi connectivity index (χ2n) is 5.73. The molecule has 0 aromatic heterocycles. The molecule has 1 aromatic rings. The Balaban J connectivity index is 1.63. The Morgan fingerprint density at radius 1 is 1.24 bits per heavy atom. The van der Waals surface area contributed by atoms with Crippen molar-refractivity contribution in [3.05, 3.63) is 23.8 Å². The molecule has 5 heteroatoms. The van der Waals surface area contributed by atoms with E-state index in [0.29, 0.717) is 25.8 Å². The van der Waals surface area contributed by atoms with E-state index >= 15 is 0 Å². The van der Waals surface area contributed by atoms with E-state index in [1.54, 1.807) is 0 Å². The van der Waals surface area contributed by atoms with Gasteiger partial charge in [0.1, 0.15) is 13.2 Å². The molecule has 1 fully saturated rings. The van der Waals surface area contributed by atoms with Crippen LogP contribution in [0, 0.1) is 0 Å². The largest absolute Gasteiger partial charge is 0.486 e. The highest BCUT2D eigenvalue weighted by molar-refractivity contribution is 5.43. The van der Waals surface area contributed by atoms with E-state index in [1.165, 1.54) is 18.4 Å². The van der Waals surface area contributed by atoms with E-state index in [9.17, 15) is 5.11 Å². The van der Waals surface area contributed by atoms with Crippen LogP contribution in [0.4, 0.5) is 0 Å². The van der Waals surface area contributed by atoms with Crippen LogP contribution in [0.15, 0.2) is 18.2 Å². The Labute approximate surface area is 125 Å². The summed E-state index contributed by atoms with van der Waals surface area (Å²) < 4.78 is 11.2. The summed E-state index contributed by atoms with van der Waals surface area (Å²) >= 11 is 0. The lowest BCUT2D eigenvalue weighted by atomic mass is 10.1. The van der Waals surface area contributed by atoms with Crippen molar-refractivity contribution in [2.75, 3.05) is 39.5 Å². The van der Waals surface area contributed by atoms with Gasteiger partial charge in [0.05, 0.1) is 6.61 Å². The number of aliphatic hydroxyl groups is 1. The predicted molar refractivity (Wildman–Crippen MR) is 80.8 cm³/mol. The second kappa shape index (κ2) is 7.11. The number of rotatable bonds is 6. The third-order valence-corrected chi connectivity index (χ3v) is 4.07. The zero-order chi connectivity index (χ0) is 14.5. The smallest absolute Gasteiger partial charge is 0.161 e. The summed E-state index contributed by atoms with van der Waals surface area (Å²) in [5, 5.41) is 12.8. The van der Waals surface area contributed by atoms with Crippen LogP contribution >= 0.6 is 0 Å². The van der Waals surface area contributed by atoms with Gasteiger partial charge in [0.15, 0.2) is 11.5 Å². The lowest BCUT2D eigenvalue weighted by molar-refractivity contribution is 0.168. The van der Waals surface area contributed by atoms with Gasteiger partial charge in [0.25, 0.3) is 0 Å². The molecular weight excluding hydrogens is 268 g/mol. The van der Waals surface area contributed by atoms with Gasteiger partial charge in [0.2, 0.25) is 0 Å². The molecule has 2 N–H and O–H groups in total. The highest BCUT2D eigenvalue weighted by atomic mass is 16.6. The van der Waals surface area contributed by atoms with Gasteiger partial charge < -0.3 is 19.9 Å². The fourth-order valence-electron chi connectivity index (χ4n) is 3.04. The second-order valence-corrected chi connectivity index (χ2v) is 5.73. The first-order valence-electron chi connectivity index (χ1n) is 7.80. The van der Waals surface area contributed by atoms with Crippen LogP contribution in [0.1, 0.15) is 18.4 Å². The van der Waals surface area contributed by atoms with Crippen molar-refractivity contribution in [3.8, 4) is 11.5 Å². The zero-order valence-corrected chi connectivity index (χ0v) is 12.4. The van der Waals surface area contributed by atoms with Crippen molar-refractivity contribution in [3.63, 3.8) is 0 Å². The van der Waals surface area contributed by atoms with E-state index < -0.39 is 0 Å². The lowest BCUT2D eigenvalue weighted by Crippen LogP contribution is -2.38.